The molecule has 0 aliphatic rings. The van der Waals surface area contributed by atoms with Crippen molar-refractivity contribution in [3.05, 3.63) is 102 Å². The summed E-state index contributed by atoms with van der Waals surface area (Å²) < 4.78 is 7.55. The first kappa shape index (κ1) is 18.9. The van der Waals surface area contributed by atoms with Gasteiger partial charge in [0.25, 0.3) is 0 Å². The number of fused-ring (bicyclic) bond motifs is 1. The summed E-state index contributed by atoms with van der Waals surface area (Å²) in [5, 5.41) is 20.2. The van der Waals surface area contributed by atoms with Crippen LogP contribution in [0.2, 0.25) is 0 Å². The number of hydrogen-bond acceptors (Lipinski definition) is 4. The van der Waals surface area contributed by atoms with Gasteiger partial charge in [-0.25, -0.2) is 0 Å². The summed E-state index contributed by atoms with van der Waals surface area (Å²) in [7, 11) is 0. The second kappa shape index (κ2) is 8.29. The predicted molar refractivity (Wildman–Crippen MR) is 114 cm³/mol. The smallest absolute Gasteiger partial charge is 0.212 e. The third-order valence-electron chi connectivity index (χ3n) is 4.93. The van der Waals surface area contributed by atoms with Crippen LogP contribution in [0.3, 0.4) is 0 Å². The first-order chi connectivity index (χ1) is 14.2. The van der Waals surface area contributed by atoms with Crippen molar-refractivity contribution < 1.29 is 9.84 Å². The molecule has 0 radical (unpaired) electrons. The van der Waals surface area contributed by atoms with Crippen molar-refractivity contribution in [3.63, 3.8) is 0 Å². The Labute approximate surface area is 169 Å². The number of aromatic nitrogens is 3. The van der Waals surface area contributed by atoms with Gasteiger partial charge in [0.1, 0.15) is 11.1 Å². The first-order valence-corrected chi connectivity index (χ1v) is 9.69. The summed E-state index contributed by atoms with van der Waals surface area (Å²) in [5.41, 5.74) is 2.10. The maximum atomic E-state index is 11.7. The number of hydrogen-bond donors (Lipinski definition) is 1. The molecule has 0 aliphatic carbocycles. The molecule has 0 spiro atoms. The number of aliphatic hydroxyl groups is 1. The molecule has 5 nitrogen and oxygen atoms in total. The van der Waals surface area contributed by atoms with Gasteiger partial charge in [0, 0.05) is 6.42 Å². The zero-order valence-corrected chi connectivity index (χ0v) is 16.3. The second-order valence-corrected chi connectivity index (χ2v) is 6.76. The molecule has 1 N–H and O–H groups in total. The Morgan fingerprint density at radius 3 is 2.14 bits per heavy atom. The van der Waals surface area contributed by atoms with E-state index in [9.17, 15) is 5.11 Å². The van der Waals surface area contributed by atoms with Crippen LogP contribution in [0.1, 0.15) is 24.5 Å². The van der Waals surface area contributed by atoms with Gasteiger partial charge in [0.2, 0.25) is 5.88 Å². The molecule has 4 aromatic rings. The quantitative estimate of drug-likeness (QED) is 0.473. The number of ether oxygens (including phenoxy) is 1. The van der Waals surface area contributed by atoms with E-state index < -0.39 is 5.60 Å². The maximum absolute atomic E-state index is 11.7. The Morgan fingerprint density at radius 1 is 0.931 bits per heavy atom. The van der Waals surface area contributed by atoms with Crippen LogP contribution >= 0.6 is 0 Å². The van der Waals surface area contributed by atoms with Crippen molar-refractivity contribution in [2.45, 2.75) is 18.9 Å². The molecule has 0 saturated heterocycles. The van der Waals surface area contributed by atoms with Crippen molar-refractivity contribution in [1.29, 1.82) is 0 Å². The molecule has 0 amide bonds. The first-order valence-electron chi connectivity index (χ1n) is 9.69. The van der Waals surface area contributed by atoms with Crippen molar-refractivity contribution in [2.24, 2.45) is 0 Å². The molecular weight excluding hydrogens is 362 g/mol. The van der Waals surface area contributed by atoms with Crippen molar-refractivity contribution in [2.75, 3.05) is 6.61 Å². The lowest BCUT2D eigenvalue weighted by Gasteiger charge is -2.28. The molecule has 1 heterocycles. The minimum atomic E-state index is -1.19. The van der Waals surface area contributed by atoms with E-state index in [1.165, 1.54) is 0 Å². The van der Waals surface area contributed by atoms with Crippen LogP contribution in [-0.4, -0.2) is 26.7 Å². The topological polar surface area (TPSA) is 60.2 Å². The highest BCUT2D eigenvalue weighted by atomic mass is 16.5. The second-order valence-electron chi connectivity index (χ2n) is 6.76. The largest absolute Gasteiger partial charge is 0.478 e. The van der Waals surface area contributed by atoms with Gasteiger partial charge in [-0.05, 0) is 36.3 Å². The van der Waals surface area contributed by atoms with Crippen molar-refractivity contribution >= 4 is 16.9 Å². The summed E-state index contributed by atoms with van der Waals surface area (Å²) >= 11 is 0. The molecule has 0 aliphatic heterocycles. The number of benzene rings is 3. The summed E-state index contributed by atoms with van der Waals surface area (Å²) in [4.78, 5) is 0. The van der Waals surface area contributed by atoms with Crippen molar-refractivity contribution in [3.8, 4) is 0 Å². The molecule has 0 saturated carbocycles. The fourth-order valence-electron chi connectivity index (χ4n) is 3.45. The fraction of sp³-hybridized carbons (Fsp3) is 0.167. The van der Waals surface area contributed by atoms with E-state index in [0.29, 0.717) is 18.9 Å². The number of nitrogens with zero attached hydrogens (tertiary/aromatic N) is 3. The molecule has 4 rings (SSSR count). The van der Waals surface area contributed by atoms with Crippen LogP contribution in [0.5, 0.6) is 0 Å². The molecule has 146 valence electrons. The van der Waals surface area contributed by atoms with Crippen LogP contribution in [-0.2, 0) is 10.3 Å². The minimum absolute atomic E-state index is 0.324. The van der Waals surface area contributed by atoms with Gasteiger partial charge in [0.15, 0.2) is 0 Å². The normalized spacial score (nSPS) is 12.3. The standard InChI is InChI=1S/C24H23N3O2/c1-2-29-23(27-22-16-10-9-15-21(22)25-26-27)17-18-24(28,19-11-5-3-6-12-19)20-13-7-4-8-14-20/h3-17,28H,2,18H2,1H3. The van der Waals surface area contributed by atoms with Gasteiger partial charge in [-0.3, -0.25) is 0 Å². The van der Waals surface area contributed by atoms with E-state index in [4.69, 9.17) is 4.74 Å². The van der Waals surface area contributed by atoms with E-state index in [2.05, 4.69) is 10.3 Å². The average Bonchev–Trinajstić information content (AvgIpc) is 3.22. The lowest BCUT2D eigenvalue weighted by Crippen LogP contribution is -2.27. The SMILES string of the molecule is CCOC(=CCC(O)(c1ccccc1)c1ccccc1)n1nnc2ccccc21. The number of rotatable bonds is 7. The van der Waals surface area contributed by atoms with Crippen LogP contribution in [0.15, 0.2) is 91.0 Å². The lowest BCUT2D eigenvalue weighted by molar-refractivity contribution is 0.0833. The van der Waals surface area contributed by atoms with E-state index in [1.807, 2.05) is 97.9 Å². The summed E-state index contributed by atoms with van der Waals surface area (Å²) in [6.45, 7) is 2.41. The third-order valence-corrected chi connectivity index (χ3v) is 4.93. The molecule has 0 atom stereocenters. The fourth-order valence-corrected chi connectivity index (χ4v) is 3.45. The highest BCUT2D eigenvalue weighted by Gasteiger charge is 2.30. The zero-order valence-electron chi connectivity index (χ0n) is 16.3. The Morgan fingerprint density at radius 2 is 1.52 bits per heavy atom. The Hall–Kier alpha value is -3.44. The Balaban J connectivity index is 1.77. The number of para-hydroxylation sites is 1. The van der Waals surface area contributed by atoms with Crippen LogP contribution in [0.4, 0.5) is 0 Å². The van der Waals surface area contributed by atoms with Gasteiger partial charge in [0.05, 0.1) is 12.1 Å². The molecule has 0 fully saturated rings. The van der Waals surface area contributed by atoms with Crippen LogP contribution in [0, 0.1) is 0 Å². The highest BCUT2D eigenvalue weighted by Crippen LogP contribution is 2.34. The predicted octanol–water partition coefficient (Wildman–Crippen LogP) is 4.59. The average molecular weight is 385 g/mol. The van der Waals surface area contributed by atoms with Gasteiger partial charge in [-0.2, -0.15) is 4.68 Å². The minimum Gasteiger partial charge on any atom is -0.478 e. The summed E-state index contributed by atoms with van der Waals surface area (Å²) in [6.07, 6.45) is 2.20. The Kier molecular flexibility index (Phi) is 5.40. The van der Waals surface area contributed by atoms with E-state index in [1.54, 1.807) is 4.68 Å². The molecule has 3 aromatic carbocycles. The summed E-state index contributed by atoms with van der Waals surface area (Å²) in [5.74, 6) is 0.548. The van der Waals surface area contributed by atoms with Gasteiger partial charge in [-0.1, -0.05) is 78.0 Å². The van der Waals surface area contributed by atoms with E-state index >= 15 is 0 Å². The molecular formula is C24H23N3O2. The van der Waals surface area contributed by atoms with Crippen molar-refractivity contribution in [1.82, 2.24) is 15.0 Å². The molecule has 5 heteroatoms. The third kappa shape index (κ3) is 3.77. The lowest BCUT2D eigenvalue weighted by atomic mass is 9.83. The van der Waals surface area contributed by atoms with Gasteiger partial charge >= 0.3 is 0 Å². The summed E-state index contributed by atoms with van der Waals surface area (Å²) in [6, 6.07) is 27.1. The van der Waals surface area contributed by atoms with Gasteiger partial charge in [-0.15, -0.1) is 5.10 Å². The molecule has 0 bridgehead atoms. The van der Waals surface area contributed by atoms with Gasteiger partial charge < -0.3 is 9.84 Å². The van der Waals surface area contributed by atoms with E-state index in [-0.39, 0.29) is 0 Å². The molecule has 29 heavy (non-hydrogen) atoms. The van der Waals surface area contributed by atoms with Crippen LogP contribution in [0.25, 0.3) is 16.9 Å². The zero-order chi connectivity index (χ0) is 20.1. The monoisotopic (exact) mass is 385 g/mol. The molecule has 0 unspecified atom stereocenters. The molecule has 1 aromatic heterocycles. The Bertz CT molecular complexity index is 1070. The maximum Gasteiger partial charge on any atom is 0.212 e. The van der Waals surface area contributed by atoms with E-state index in [0.717, 1.165) is 22.2 Å². The highest BCUT2D eigenvalue weighted by molar-refractivity contribution is 5.76. The van der Waals surface area contributed by atoms with Crippen LogP contribution < -0.4 is 0 Å².